The van der Waals surface area contributed by atoms with Gasteiger partial charge in [0.15, 0.2) is 11.5 Å². The molecule has 1 amide bonds. The average Bonchev–Trinajstić information content (AvgIpc) is 3.10. The Morgan fingerprint density at radius 1 is 1.26 bits per heavy atom. The zero-order chi connectivity index (χ0) is 22.3. The lowest BCUT2D eigenvalue weighted by molar-refractivity contribution is -0.137. The number of carbonyl (C=O) groups is 1. The van der Waals surface area contributed by atoms with Gasteiger partial charge >= 0.3 is 6.18 Å². The third-order valence-corrected chi connectivity index (χ3v) is 4.66. The van der Waals surface area contributed by atoms with Crippen LogP contribution in [0.3, 0.4) is 0 Å². The minimum Gasteiger partial charge on any atom is -0.309 e. The summed E-state index contributed by atoms with van der Waals surface area (Å²) in [6, 6.07) is 2.54. The number of amides is 1. The molecule has 0 fully saturated rings. The van der Waals surface area contributed by atoms with Crippen LogP contribution in [0, 0.1) is 0 Å². The van der Waals surface area contributed by atoms with Crippen molar-refractivity contribution in [3.05, 3.63) is 64.5 Å². The Balaban J connectivity index is 1.69. The Bertz CT molecular complexity index is 1320. The fourth-order valence-corrected chi connectivity index (χ4v) is 3.23. The molecule has 11 heteroatoms. The second-order valence-electron chi connectivity index (χ2n) is 7.24. The second kappa shape index (κ2) is 7.49. The van der Waals surface area contributed by atoms with Crippen molar-refractivity contribution in [3.63, 3.8) is 0 Å². The monoisotopic (exact) mass is 430 g/mol. The summed E-state index contributed by atoms with van der Waals surface area (Å²) in [6.45, 7) is 3.46. The van der Waals surface area contributed by atoms with Gasteiger partial charge in [-0.1, -0.05) is 0 Å². The van der Waals surface area contributed by atoms with Crippen LogP contribution in [0.4, 0.5) is 19.0 Å². The van der Waals surface area contributed by atoms with E-state index in [1.54, 1.807) is 36.8 Å². The summed E-state index contributed by atoms with van der Waals surface area (Å²) in [6.07, 6.45) is 1.45. The Kier molecular flexibility index (Phi) is 4.96. The van der Waals surface area contributed by atoms with E-state index in [4.69, 9.17) is 0 Å². The quantitative estimate of drug-likeness (QED) is 0.537. The molecule has 160 valence electrons. The summed E-state index contributed by atoms with van der Waals surface area (Å²) in [5.74, 6) is -0.250. The molecular weight excluding hydrogens is 413 g/mol. The van der Waals surface area contributed by atoms with Crippen molar-refractivity contribution in [3.8, 4) is 0 Å². The summed E-state index contributed by atoms with van der Waals surface area (Å²) in [5, 5.41) is 6.85. The van der Waals surface area contributed by atoms with Crippen LogP contribution in [0.2, 0.25) is 0 Å². The van der Waals surface area contributed by atoms with Gasteiger partial charge in [-0.25, -0.2) is 4.98 Å². The third-order valence-electron chi connectivity index (χ3n) is 4.66. The molecule has 3 heterocycles. The lowest BCUT2D eigenvalue weighted by Crippen LogP contribution is -2.25. The van der Waals surface area contributed by atoms with Crippen molar-refractivity contribution in [1.29, 1.82) is 0 Å². The van der Waals surface area contributed by atoms with Crippen molar-refractivity contribution in [2.75, 3.05) is 5.32 Å². The van der Waals surface area contributed by atoms with E-state index < -0.39 is 23.1 Å². The van der Waals surface area contributed by atoms with E-state index >= 15 is 0 Å². The van der Waals surface area contributed by atoms with Gasteiger partial charge in [0, 0.05) is 23.8 Å². The predicted octanol–water partition coefficient (Wildman–Crippen LogP) is 3.22. The Labute approximate surface area is 173 Å². The largest absolute Gasteiger partial charge is 0.416 e. The number of alkyl halides is 3. The number of fused-ring (bicyclic) bond motifs is 2. The van der Waals surface area contributed by atoms with Crippen LogP contribution in [0.15, 0.2) is 47.8 Å². The van der Waals surface area contributed by atoms with Gasteiger partial charge in [0.25, 0.3) is 0 Å². The minimum atomic E-state index is -4.55. The van der Waals surface area contributed by atoms with E-state index in [2.05, 4.69) is 20.4 Å². The number of aromatic nitrogens is 5. The predicted molar refractivity (Wildman–Crippen MR) is 107 cm³/mol. The lowest BCUT2D eigenvalue weighted by atomic mass is 10.1. The van der Waals surface area contributed by atoms with Crippen LogP contribution in [-0.4, -0.2) is 30.1 Å². The van der Waals surface area contributed by atoms with Gasteiger partial charge in [0.2, 0.25) is 11.3 Å². The first kappa shape index (κ1) is 20.5. The van der Waals surface area contributed by atoms with Gasteiger partial charge in [0.1, 0.15) is 5.69 Å². The van der Waals surface area contributed by atoms with Crippen LogP contribution in [0.25, 0.3) is 16.6 Å². The first-order valence-corrected chi connectivity index (χ1v) is 9.34. The van der Waals surface area contributed by atoms with Gasteiger partial charge in [-0.2, -0.15) is 18.3 Å². The van der Waals surface area contributed by atoms with E-state index in [0.717, 1.165) is 18.2 Å². The molecule has 8 nitrogen and oxygen atoms in total. The Morgan fingerprint density at radius 3 is 2.71 bits per heavy atom. The van der Waals surface area contributed by atoms with Crippen LogP contribution < -0.4 is 10.7 Å². The highest BCUT2D eigenvalue weighted by Crippen LogP contribution is 2.31. The SMILES string of the molecule is CC(C)n1nc(CC(=O)Nc2cn3ccncc3n2)c(=O)c2ccc(C(F)(F)F)cc21. The molecule has 0 bridgehead atoms. The highest BCUT2D eigenvalue weighted by atomic mass is 19.4. The maximum Gasteiger partial charge on any atom is 0.416 e. The second-order valence-corrected chi connectivity index (χ2v) is 7.24. The number of imidazole rings is 1. The first-order valence-electron chi connectivity index (χ1n) is 9.34. The molecule has 0 aliphatic heterocycles. The third kappa shape index (κ3) is 3.98. The average molecular weight is 430 g/mol. The van der Waals surface area contributed by atoms with Crippen LogP contribution in [0.1, 0.15) is 31.1 Å². The normalized spacial score (nSPS) is 12.1. The lowest BCUT2D eigenvalue weighted by Gasteiger charge is -2.16. The molecular formula is C20H17F3N6O2. The molecule has 3 aromatic heterocycles. The topological polar surface area (TPSA) is 94.2 Å². The number of rotatable bonds is 4. The number of benzene rings is 1. The first-order chi connectivity index (χ1) is 14.6. The molecule has 0 spiro atoms. The number of halogens is 3. The Hall–Kier alpha value is -3.76. The van der Waals surface area contributed by atoms with Crippen molar-refractivity contribution >= 4 is 28.3 Å². The van der Waals surface area contributed by atoms with Gasteiger partial charge < -0.3 is 9.72 Å². The number of hydrogen-bond donors (Lipinski definition) is 1. The number of anilines is 1. The molecule has 31 heavy (non-hydrogen) atoms. The fourth-order valence-electron chi connectivity index (χ4n) is 3.23. The smallest absolute Gasteiger partial charge is 0.309 e. The molecule has 4 aromatic rings. The van der Waals surface area contributed by atoms with Gasteiger partial charge in [-0.15, -0.1) is 0 Å². The van der Waals surface area contributed by atoms with E-state index in [-0.39, 0.29) is 34.9 Å². The van der Waals surface area contributed by atoms with Gasteiger partial charge in [0.05, 0.1) is 29.9 Å². The molecule has 0 saturated heterocycles. The van der Waals surface area contributed by atoms with E-state index in [1.807, 2.05) is 0 Å². The molecule has 0 unspecified atom stereocenters. The van der Waals surface area contributed by atoms with Crippen LogP contribution >= 0.6 is 0 Å². The van der Waals surface area contributed by atoms with Crippen LogP contribution in [0.5, 0.6) is 0 Å². The van der Waals surface area contributed by atoms with Crippen molar-refractivity contribution in [2.24, 2.45) is 0 Å². The Morgan fingerprint density at radius 2 is 2.03 bits per heavy atom. The summed E-state index contributed by atoms with van der Waals surface area (Å²) >= 11 is 0. The number of nitrogens with zero attached hydrogens (tertiary/aromatic N) is 5. The molecule has 0 atom stereocenters. The van der Waals surface area contributed by atoms with Crippen LogP contribution in [-0.2, 0) is 17.4 Å². The summed E-state index contributed by atoms with van der Waals surface area (Å²) in [4.78, 5) is 33.5. The van der Waals surface area contributed by atoms with E-state index in [1.165, 1.54) is 10.9 Å². The highest BCUT2D eigenvalue weighted by molar-refractivity contribution is 5.92. The van der Waals surface area contributed by atoms with E-state index in [9.17, 15) is 22.8 Å². The number of carbonyl (C=O) groups excluding carboxylic acids is 1. The van der Waals surface area contributed by atoms with Crippen molar-refractivity contribution < 1.29 is 18.0 Å². The molecule has 0 aliphatic rings. The maximum absolute atomic E-state index is 13.1. The molecule has 1 N–H and O–H groups in total. The highest BCUT2D eigenvalue weighted by Gasteiger charge is 2.31. The molecule has 1 aromatic carbocycles. The summed E-state index contributed by atoms with van der Waals surface area (Å²) in [7, 11) is 0. The summed E-state index contributed by atoms with van der Waals surface area (Å²) in [5.41, 5.74) is -0.933. The number of nitrogens with one attached hydrogen (secondary N) is 1. The van der Waals surface area contributed by atoms with Crippen molar-refractivity contribution in [2.45, 2.75) is 32.5 Å². The van der Waals surface area contributed by atoms with Gasteiger partial charge in [-0.05, 0) is 32.0 Å². The summed E-state index contributed by atoms with van der Waals surface area (Å²) < 4.78 is 42.3. The molecule has 0 radical (unpaired) electrons. The van der Waals surface area contributed by atoms with Crippen molar-refractivity contribution in [1.82, 2.24) is 24.1 Å². The molecule has 0 saturated carbocycles. The minimum absolute atomic E-state index is 0.0619. The van der Waals surface area contributed by atoms with E-state index in [0.29, 0.717) is 5.65 Å². The number of hydrogen-bond acceptors (Lipinski definition) is 5. The standard InChI is InChI=1S/C20H17F3N6O2/c1-11(2)29-15-7-12(20(21,22)23)3-4-13(15)19(31)14(27-29)8-18(30)26-16-10-28-6-5-24-9-17(28)25-16/h3-7,9-11H,8H2,1-2H3,(H,26,30). The molecule has 4 rings (SSSR count). The zero-order valence-corrected chi connectivity index (χ0v) is 16.5. The molecule has 0 aliphatic carbocycles. The zero-order valence-electron chi connectivity index (χ0n) is 16.5. The fraction of sp³-hybridized carbons (Fsp3) is 0.250. The van der Waals surface area contributed by atoms with Gasteiger partial charge in [-0.3, -0.25) is 19.3 Å². The maximum atomic E-state index is 13.1.